The Labute approximate surface area is 111 Å². The second kappa shape index (κ2) is 5.52. The summed E-state index contributed by atoms with van der Waals surface area (Å²) >= 11 is 0.863. The molecule has 0 aromatic heterocycles. The van der Waals surface area contributed by atoms with E-state index >= 15 is 0 Å². The summed E-state index contributed by atoms with van der Waals surface area (Å²) in [5, 5.41) is 0. The fourth-order valence-electron chi connectivity index (χ4n) is 1.87. The number of hydrogen-bond acceptors (Lipinski definition) is 3. The highest BCUT2D eigenvalue weighted by Crippen LogP contribution is 2.42. The summed E-state index contributed by atoms with van der Waals surface area (Å²) in [5.41, 5.74) is 1.76. The summed E-state index contributed by atoms with van der Waals surface area (Å²) in [4.78, 5) is 10.7. The Morgan fingerprint density at radius 3 is 1.72 bits per heavy atom. The molecule has 0 aliphatic heterocycles. The Morgan fingerprint density at radius 1 is 0.944 bits per heavy atom. The van der Waals surface area contributed by atoms with Crippen molar-refractivity contribution in [3.63, 3.8) is 0 Å². The van der Waals surface area contributed by atoms with E-state index in [1.165, 1.54) is 0 Å². The van der Waals surface area contributed by atoms with E-state index < -0.39 is 4.75 Å². The molecule has 88 valence electrons. The van der Waals surface area contributed by atoms with Crippen molar-refractivity contribution < 1.29 is 0 Å². The van der Waals surface area contributed by atoms with E-state index in [4.69, 9.17) is 6.42 Å². The van der Waals surface area contributed by atoms with Crippen LogP contribution in [0.2, 0.25) is 0 Å². The molecule has 2 aromatic rings. The van der Waals surface area contributed by atoms with Crippen LogP contribution in [-0.4, -0.2) is 0 Å². The Balaban J connectivity index is 2.62. The number of nitroso groups, excluding NO2 is 1. The minimum absolute atomic E-state index is 0.857. The monoisotopic (exact) mass is 253 g/mol. The molecule has 0 amide bonds. The van der Waals surface area contributed by atoms with Crippen LogP contribution in [0, 0.1) is 17.3 Å². The van der Waals surface area contributed by atoms with E-state index in [2.05, 4.69) is 10.5 Å². The average Bonchev–Trinajstić information content (AvgIpc) is 2.47. The Kier molecular flexibility index (Phi) is 3.81. The third kappa shape index (κ3) is 2.15. The number of benzene rings is 2. The van der Waals surface area contributed by atoms with Gasteiger partial charge in [-0.1, -0.05) is 66.6 Å². The molecule has 3 heteroatoms. The Hall–Kier alpha value is -2.05. The molecule has 0 atom stereocenters. The number of hydrogen-bond donors (Lipinski definition) is 0. The van der Waals surface area contributed by atoms with Gasteiger partial charge in [-0.15, -0.1) is 11.3 Å². The lowest BCUT2D eigenvalue weighted by molar-refractivity contribution is 0.977. The first-order chi connectivity index (χ1) is 8.83. The normalized spacial score (nSPS) is 10.6. The van der Waals surface area contributed by atoms with E-state index in [0.29, 0.717) is 0 Å². The van der Waals surface area contributed by atoms with Crippen molar-refractivity contribution in [1.29, 1.82) is 0 Å². The SMILES string of the molecule is C#CC(SN=O)(c1ccccc1)c1ccccc1. The van der Waals surface area contributed by atoms with E-state index in [1.54, 1.807) is 0 Å². The van der Waals surface area contributed by atoms with Gasteiger partial charge in [0.1, 0.15) is 0 Å². The molecule has 0 radical (unpaired) electrons. The van der Waals surface area contributed by atoms with Gasteiger partial charge in [-0.3, -0.25) is 0 Å². The van der Waals surface area contributed by atoms with Crippen LogP contribution in [-0.2, 0) is 4.75 Å². The number of terminal acetylenes is 1. The van der Waals surface area contributed by atoms with Crippen LogP contribution in [0.4, 0.5) is 0 Å². The molecular weight excluding hydrogens is 242 g/mol. The second-order valence-corrected chi connectivity index (χ2v) is 4.67. The van der Waals surface area contributed by atoms with Gasteiger partial charge in [-0.2, -0.15) is 0 Å². The largest absolute Gasteiger partial charge is 0.151 e. The zero-order chi connectivity index (χ0) is 12.8. The van der Waals surface area contributed by atoms with E-state index in [0.717, 1.165) is 23.1 Å². The fraction of sp³-hybridized carbons (Fsp3) is 0.0667. The fourth-order valence-corrected chi connectivity index (χ4v) is 2.51. The van der Waals surface area contributed by atoms with Gasteiger partial charge < -0.3 is 0 Å². The van der Waals surface area contributed by atoms with Gasteiger partial charge in [0.2, 0.25) is 0 Å². The Morgan fingerprint density at radius 2 is 1.39 bits per heavy atom. The zero-order valence-corrected chi connectivity index (χ0v) is 10.4. The first-order valence-corrected chi connectivity index (χ1v) is 6.20. The van der Waals surface area contributed by atoms with Crippen molar-refractivity contribution >= 4 is 11.9 Å². The van der Waals surface area contributed by atoms with Crippen molar-refractivity contribution in [2.75, 3.05) is 0 Å². The molecule has 0 aliphatic carbocycles. The van der Waals surface area contributed by atoms with Gasteiger partial charge in [-0.05, 0) is 11.1 Å². The molecule has 2 aromatic carbocycles. The van der Waals surface area contributed by atoms with Gasteiger partial charge in [0.15, 0.2) is 4.75 Å². The highest BCUT2D eigenvalue weighted by molar-refractivity contribution is 7.99. The molecule has 0 saturated carbocycles. The van der Waals surface area contributed by atoms with E-state index in [-0.39, 0.29) is 0 Å². The van der Waals surface area contributed by atoms with Crippen molar-refractivity contribution in [3.05, 3.63) is 76.7 Å². The highest BCUT2D eigenvalue weighted by Gasteiger charge is 2.34. The predicted molar refractivity (Wildman–Crippen MR) is 75.9 cm³/mol. The molecule has 0 aliphatic rings. The molecule has 0 N–H and O–H groups in total. The van der Waals surface area contributed by atoms with E-state index in [1.807, 2.05) is 60.7 Å². The lowest BCUT2D eigenvalue weighted by Gasteiger charge is -2.25. The minimum Gasteiger partial charge on any atom is -0.137 e. The summed E-state index contributed by atoms with van der Waals surface area (Å²) in [7, 11) is 0. The Bertz CT molecular complexity index is 521. The van der Waals surface area contributed by atoms with Crippen molar-refractivity contribution in [2.45, 2.75) is 4.75 Å². The second-order valence-electron chi connectivity index (χ2n) is 3.72. The van der Waals surface area contributed by atoms with Crippen molar-refractivity contribution in [2.24, 2.45) is 4.58 Å². The summed E-state index contributed by atoms with van der Waals surface area (Å²) < 4.78 is 2.10. The van der Waals surface area contributed by atoms with Gasteiger partial charge in [0.05, 0.1) is 11.9 Å². The number of rotatable bonds is 4. The molecule has 0 saturated heterocycles. The lowest BCUT2D eigenvalue weighted by atomic mass is 9.91. The van der Waals surface area contributed by atoms with Crippen LogP contribution in [0.5, 0.6) is 0 Å². The third-order valence-corrected chi connectivity index (χ3v) is 3.68. The van der Waals surface area contributed by atoms with Gasteiger partial charge >= 0.3 is 0 Å². The smallest absolute Gasteiger partial charge is 0.137 e. The summed E-state index contributed by atoms with van der Waals surface area (Å²) in [6.07, 6.45) is 5.69. The minimum atomic E-state index is -0.857. The quantitative estimate of drug-likeness (QED) is 0.468. The zero-order valence-electron chi connectivity index (χ0n) is 9.61. The summed E-state index contributed by atoms with van der Waals surface area (Å²) in [6.45, 7) is 0. The maximum atomic E-state index is 10.7. The molecule has 0 unspecified atom stereocenters. The molecular formula is C15H11NOS. The van der Waals surface area contributed by atoms with Crippen molar-refractivity contribution in [1.82, 2.24) is 0 Å². The molecule has 18 heavy (non-hydrogen) atoms. The number of nitrogens with zero attached hydrogens (tertiary/aromatic N) is 1. The van der Waals surface area contributed by atoms with Gasteiger partial charge in [0.25, 0.3) is 0 Å². The van der Waals surface area contributed by atoms with Crippen molar-refractivity contribution in [3.8, 4) is 12.3 Å². The van der Waals surface area contributed by atoms with Crippen LogP contribution in [0.25, 0.3) is 0 Å². The van der Waals surface area contributed by atoms with Crippen LogP contribution in [0.1, 0.15) is 11.1 Å². The van der Waals surface area contributed by atoms with Gasteiger partial charge in [0, 0.05) is 4.58 Å². The van der Waals surface area contributed by atoms with Gasteiger partial charge in [-0.25, -0.2) is 0 Å². The first kappa shape index (κ1) is 12.4. The topological polar surface area (TPSA) is 29.4 Å². The lowest BCUT2D eigenvalue weighted by Crippen LogP contribution is -2.20. The standard InChI is InChI=1S/C15H11NOS/c1-2-15(18-16-17,13-9-5-3-6-10-13)14-11-7-4-8-12-14/h1,3-12H. The van der Waals surface area contributed by atoms with E-state index in [9.17, 15) is 4.91 Å². The molecule has 2 rings (SSSR count). The highest BCUT2D eigenvalue weighted by atomic mass is 32.2. The van der Waals surface area contributed by atoms with Crippen LogP contribution in [0.3, 0.4) is 0 Å². The summed E-state index contributed by atoms with van der Waals surface area (Å²) in [6, 6.07) is 19.0. The molecule has 0 fully saturated rings. The molecule has 0 bridgehead atoms. The van der Waals surface area contributed by atoms with Crippen LogP contribution >= 0.6 is 11.9 Å². The molecule has 0 spiro atoms. The third-order valence-electron chi connectivity index (χ3n) is 2.74. The first-order valence-electron chi connectivity index (χ1n) is 5.43. The molecule has 0 heterocycles. The van der Waals surface area contributed by atoms with Crippen LogP contribution in [0.15, 0.2) is 65.2 Å². The predicted octanol–water partition coefficient (Wildman–Crippen LogP) is 3.98. The maximum Gasteiger partial charge on any atom is 0.151 e. The molecule has 2 nitrogen and oxygen atoms in total. The maximum absolute atomic E-state index is 10.7. The van der Waals surface area contributed by atoms with Crippen LogP contribution < -0.4 is 0 Å². The summed E-state index contributed by atoms with van der Waals surface area (Å²) in [5.74, 6) is 2.72. The average molecular weight is 253 g/mol.